The molecule has 3 aromatic rings. The van der Waals surface area contributed by atoms with Gasteiger partial charge in [0.1, 0.15) is 22.8 Å². The standard InChI is InChI=1S/C19H17F2N3O2S/c1-10-2-4-12-15(6-10)27-19-17(12)18(22-9-23-19)26-8-16(25)24-14-7-11(20)3-5-13(14)21/h3,5,7,9-10H,2,4,6,8H2,1H3,(H,24,25). The Balaban J connectivity index is 1.52. The largest absolute Gasteiger partial charge is 0.467 e. The Kier molecular flexibility index (Phi) is 4.73. The average molecular weight is 389 g/mol. The van der Waals surface area contributed by atoms with Crippen molar-refractivity contribution in [2.24, 2.45) is 5.92 Å². The smallest absolute Gasteiger partial charge is 0.262 e. The number of benzene rings is 1. The monoisotopic (exact) mass is 389 g/mol. The molecule has 0 saturated heterocycles. The van der Waals surface area contributed by atoms with Gasteiger partial charge in [-0.3, -0.25) is 4.79 Å². The predicted molar refractivity (Wildman–Crippen MR) is 99.1 cm³/mol. The van der Waals surface area contributed by atoms with E-state index < -0.39 is 17.5 Å². The molecule has 1 atom stereocenters. The van der Waals surface area contributed by atoms with Crippen LogP contribution in [0.4, 0.5) is 14.5 Å². The van der Waals surface area contributed by atoms with Gasteiger partial charge in [-0.25, -0.2) is 18.7 Å². The molecular formula is C19H17F2N3O2S. The highest BCUT2D eigenvalue weighted by Crippen LogP contribution is 2.40. The lowest BCUT2D eigenvalue weighted by Gasteiger charge is -2.18. The van der Waals surface area contributed by atoms with Crippen molar-refractivity contribution in [3.63, 3.8) is 0 Å². The van der Waals surface area contributed by atoms with E-state index in [2.05, 4.69) is 22.2 Å². The van der Waals surface area contributed by atoms with Gasteiger partial charge in [-0.15, -0.1) is 11.3 Å². The summed E-state index contributed by atoms with van der Waals surface area (Å²) in [5, 5.41) is 3.17. The Morgan fingerprint density at radius 1 is 1.37 bits per heavy atom. The van der Waals surface area contributed by atoms with Crippen LogP contribution < -0.4 is 10.1 Å². The lowest BCUT2D eigenvalue weighted by Crippen LogP contribution is -2.21. The van der Waals surface area contributed by atoms with E-state index in [0.717, 1.165) is 47.7 Å². The Morgan fingerprint density at radius 2 is 2.22 bits per heavy atom. The SMILES string of the molecule is CC1CCc2c(sc3ncnc(OCC(=O)Nc4cc(F)ccc4F)c23)C1. The van der Waals surface area contributed by atoms with Gasteiger partial charge in [0, 0.05) is 10.9 Å². The Bertz CT molecular complexity index is 1020. The number of amides is 1. The highest BCUT2D eigenvalue weighted by Gasteiger charge is 2.24. The van der Waals surface area contributed by atoms with Crippen molar-refractivity contribution < 1.29 is 18.3 Å². The third-order valence-corrected chi connectivity index (χ3v) is 5.76. The van der Waals surface area contributed by atoms with Gasteiger partial charge in [0.05, 0.1) is 11.1 Å². The number of aryl methyl sites for hydroxylation is 1. The molecular weight excluding hydrogens is 372 g/mol. The van der Waals surface area contributed by atoms with Crippen LogP contribution >= 0.6 is 11.3 Å². The second-order valence-corrected chi connectivity index (χ2v) is 7.76. The molecule has 0 bridgehead atoms. The number of fused-ring (bicyclic) bond motifs is 3. The van der Waals surface area contributed by atoms with Crippen molar-refractivity contribution in [2.75, 3.05) is 11.9 Å². The molecule has 2 aromatic heterocycles. The summed E-state index contributed by atoms with van der Waals surface area (Å²) in [7, 11) is 0. The first-order valence-electron chi connectivity index (χ1n) is 8.64. The van der Waals surface area contributed by atoms with E-state index in [1.165, 1.54) is 16.8 Å². The Morgan fingerprint density at radius 3 is 3.07 bits per heavy atom. The first-order valence-corrected chi connectivity index (χ1v) is 9.46. The van der Waals surface area contributed by atoms with Crippen LogP contribution in [0.25, 0.3) is 10.2 Å². The van der Waals surface area contributed by atoms with Crippen LogP contribution in [-0.2, 0) is 17.6 Å². The lowest BCUT2D eigenvalue weighted by atomic mass is 9.89. The van der Waals surface area contributed by atoms with Gasteiger partial charge in [0.2, 0.25) is 5.88 Å². The third kappa shape index (κ3) is 3.62. The molecule has 1 aromatic carbocycles. The molecule has 4 rings (SSSR count). The second kappa shape index (κ2) is 7.19. The number of thiophene rings is 1. The summed E-state index contributed by atoms with van der Waals surface area (Å²) < 4.78 is 32.5. The van der Waals surface area contributed by atoms with Crippen LogP contribution in [0.3, 0.4) is 0 Å². The minimum absolute atomic E-state index is 0.224. The number of nitrogens with one attached hydrogen (secondary N) is 1. The van der Waals surface area contributed by atoms with Crippen LogP contribution in [0.1, 0.15) is 23.8 Å². The summed E-state index contributed by atoms with van der Waals surface area (Å²) >= 11 is 1.64. The van der Waals surface area contributed by atoms with E-state index in [9.17, 15) is 13.6 Å². The fourth-order valence-corrected chi connectivity index (χ4v) is 4.61. The number of aromatic nitrogens is 2. The first-order chi connectivity index (χ1) is 13.0. The number of rotatable bonds is 4. The highest BCUT2D eigenvalue weighted by atomic mass is 32.1. The van der Waals surface area contributed by atoms with E-state index in [4.69, 9.17) is 4.74 Å². The quantitative estimate of drug-likeness (QED) is 0.729. The summed E-state index contributed by atoms with van der Waals surface area (Å²) in [5.74, 6) is -0.958. The molecule has 1 N–H and O–H groups in total. The van der Waals surface area contributed by atoms with Crippen LogP contribution in [0.5, 0.6) is 5.88 Å². The van der Waals surface area contributed by atoms with Crippen molar-refractivity contribution in [3.8, 4) is 5.88 Å². The van der Waals surface area contributed by atoms with E-state index in [-0.39, 0.29) is 12.3 Å². The first kappa shape index (κ1) is 17.8. The van der Waals surface area contributed by atoms with Crippen LogP contribution in [0.15, 0.2) is 24.5 Å². The molecule has 1 aliphatic carbocycles. The normalized spacial score (nSPS) is 16.2. The van der Waals surface area contributed by atoms with Crippen molar-refractivity contribution in [3.05, 3.63) is 46.6 Å². The number of hydrogen-bond donors (Lipinski definition) is 1. The second-order valence-electron chi connectivity index (χ2n) is 6.67. The van der Waals surface area contributed by atoms with Gasteiger partial charge >= 0.3 is 0 Å². The molecule has 0 aliphatic heterocycles. The molecule has 5 nitrogen and oxygen atoms in total. The number of nitrogens with zero attached hydrogens (tertiary/aromatic N) is 2. The van der Waals surface area contributed by atoms with Crippen molar-refractivity contribution >= 4 is 33.1 Å². The number of ether oxygens (including phenoxy) is 1. The fourth-order valence-electron chi connectivity index (χ4n) is 3.27. The molecule has 1 unspecified atom stereocenters. The van der Waals surface area contributed by atoms with Crippen LogP contribution in [0.2, 0.25) is 0 Å². The third-order valence-electron chi connectivity index (χ3n) is 4.60. The summed E-state index contributed by atoms with van der Waals surface area (Å²) in [4.78, 5) is 22.7. The number of hydrogen-bond acceptors (Lipinski definition) is 5. The number of carbonyl (C=O) groups is 1. The molecule has 140 valence electrons. The lowest BCUT2D eigenvalue weighted by molar-refractivity contribution is -0.118. The van der Waals surface area contributed by atoms with Gasteiger partial charge in [-0.2, -0.15) is 0 Å². The summed E-state index contributed by atoms with van der Waals surface area (Å²) in [6.07, 6.45) is 4.44. The van der Waals surface area contributed by atoms with Crippen molar-refractivity contribution in [1.29, 1.82) is 0 Å². The fraction of sp³-hybridized carbons (Fsp3) is 0.316. The summed E-state index contributed by atoms with van der Waals surface area (Å²) in [6.45, 7) is 1.87. The van der Waals surface area contributed by atoms with Crippen molar-refractivity contribution in [1.82, 2.24) is 9.97 Å². The maximum absolute atomic E-state index is 13.6. The van der Waals surface area contributed by atoms with E-state index in [1.807, 2.05) is 0 Å². The molecule has 8 heteroatoms. The summed E-state index contributed by atoms with van der Waals surface area (Å²) in [5.41, 5.74) is 0.971. The molecule has 2 heterocycles. The Hall–Kier alpha value is -2.61. The zero-order valence-electron chi connectivity index (χ0n) is 14.6. The van der Waals surface area contributed by atoms with E-state index in [0.29, 0.717) is 11.8 Å². The average Bonchev–Trinajstić information content (AvgIpc) is 3.01. The maximum Gasteiger partial charge on any atom is 0.262 e. The topological polar surface area (TPSA) is 64.1 Å². The number of halogens is 2. The van der Waals surface area contributed by atoms with Crippen LogP contribution in [-0.4, -0.2) is 22.5 Å². The molecule has 0 radical (unpaired) electrons. The minimum Gasteiger partial charge on any atom is -0.467 e. The minimum atomic E-state index is -0.713. The van der Waals surface area contributed by atoms with E-state index >= 15 is 0 Å². The maximum atomic E-state index is 13.6. The van der Waals surface area contributed by atoms with Crippen molar-refractivity contribution in [2.45, 2.75) is 26.2 Å². The number of carbonyl (C=O) groups excluding carboxylic acids is 1. The molecule has 27 heavy (non-hydrogen) atoms. The molecule has 0 saturated carbocycles. The molecule has 1 amide bonds. The van der Waals surface area contributed by atoms with Crippen LogP contribution in [0, 0.1) is 17.6 Å². The van der Waals surface area contributed by atoms with Gasteiger partial charge in [0.15, 0.2) is 6.61 Å². The zero-order valence-corrected chi connectivity index (χ0v) is 15.4. The molecule has 1 aliphatic rings. The predicted octanol–water partition coefficient (Wildman–Crippen LogP) is 4.11. The summed E-state index contributed by atoms with van der Waals surface area (Å²) in [6, 6.07) is 2.87. The van der Waals surface area contributed by atoms with E-state index in [1.54, 1.807) is 11.3 Å². The highest BCUT2D eigenvalue weighted by molar-refractivity contribution is 7.18. The zero-order chi connectivity index (χ0) is 19.0. The molecule has 0 spiro atoms. The van der Waals surface area contributed by atoms with Gasteiger partial charge in [-0.05, 0) is 42.9 Å². The Labute approximate surface area is 158 Å². The molecule has 0 fully saturated rings. The van der Waals surface area contributed by atoms with Gasteiger partial charge in [0.25, 0.3) is 5.91 Å². The van der Waals surface area contributed by atoms with Gasteiger partial charge in [-0.1, -0.05) is 6.92 Å². The van der Waals surface area contributed by atoms with Gasteiger partial charge < -0.3 is 10.1 Å². The number of anilines is 1.